The van der Waals surface area contributed by atoms with Gasteiger partial charge >= 0.3 is 17.9 Å². The lowest BCUT2D eigenvalue weighted by atomic mass is 10.4. The van der Waals surface area contributed by atoms with Crippen molar-refractivity contribution in [3.05, 3.63) is 25.3 Å². The Morgan fingerprint density at radius 1 is 0.947 bits per heavy atom. The van der Waals surface area contributed by atoms with E-state index in [1.165, 1.54) is 12.2 Å². The van der Waals surface area contributed by atoms with Gasteiger partial charge in [-0.1, -0.05) is 25.3 Å². The standard InChI is InChI=1S/C12H17NO6/c1-3-5-18-11(16)8-13(7-10(14)15)9-12(17)19-6-4-2/h3-4H,1-2,5-9H2,(H,14,15). The van der Waals surface area contributed by atoms with E-state index in [2.05, 4.69) is 13.2 Å². The Morgan fingerprint density at radius 3 is 1.68 bits per heavy atom. The van der Waals surface area contributed by atoms with E-state index >= 15 is 0 Å². The molecule has 0 aliphatic rings. The van der Waals surface area contributed by atoms with Gasteiger partial charge in [0, 0.05) is 0 Å². The highest BCUT2D eigenvalue weighted by atomic mass is 16.5. The average molecular weight is 271 g/mol. The molecule has 0 aromatic carbocycles. The Balaban J connectivity index is 4.32. The molecule has 106 valence electrons. The van der Waals surface area contributed by atoms with E-state index in [9.17, 15) is 14.4 Å². The highest BCUT2D eigenvalue weighted by Crippen LogP contribution is 1.93. The normalized spacial score (nSPS) is 9.74. The summed E-state index contributed by atoms with van der Waals surface area (Å²) in [5.74, 6) is -2.44. The van der Waals surface area contributed by atoms with Gasteiger partial charge in [-0.15, -0.1) is 0 Å². The topological polar surface area (TPSA) is 93.1 Å². The van der Waals surface area contributed by atoms with Crippen LogP contribution >= 0.6 is 0 Å². The van der Waals surface area contributed by atoms with Crippen LogP contribution in [0.1, 0.15) is 0 Å². The number of carbonyl (C=O) groups is 3. The van der Waals surface area contributed by atoms with Gasteiger partial charge in [0.2, 0.25) is 0 Å². The van der Waals surface area contributed by atoms with Crippen molar-refractivity contribution in [3.8, 4) is 0 Å². The van der Waals surface area contributed by atoms with Crippen molar-refractivity contribution in [2.24, 2.45) is 0 Å². The fraction of sp³-hybridized carbons (Fsp3) is 0.417. The number of carboxylic acids is 1. The van der Waals surface area contributed by atoms with Crippen LogP contribution in [0, 0.1) is 0 Å². The van der Waals surface area contributed by atoms with Gasteiger partial charge < -0.3 is 14.6 Å². The Morgan fingerprint density at radius 2 is 1.37 bits per heavy atom. The Kier molecular flexibility index (Phi) is 8.72. The molecule has 0 heterocycles. The second-order valence-electron chi connectivity index (χ2n) is 3.48. The van der Waals surface area contributed by atoms with Crippen molar-refractivity contribution in [3.63, 3.8) is 0 Å². The Labute approximate surface area is 111 Å². The zero-order chi connectivity index (χ0) is 14.7. The van der Waals surface area contributed by atoms with Crippen molar-refractivity contribution in [2.45, 2.75) is 0 Å². The Bertz CT molecular complexity index is 326. The van der Waals surface area contributed by atoms with Crippen LogP contribution in [-0.2, 0) is 23.9 Å². The van der Waals surface area contributed by atoms with Crippen LogP contribution < -0.4 is 0 Å². The van der Waals surface area contributed by atoms with Gasteiger partial charge in [0.25, 0.3) is 0 Å². The molecule has 0 rings (SSSR count). The van der Waals surface area contributed by atoms with Gasteiger partial charge in [0.15, 0.2) is 0 Å². The smallest absolute Gasteiger partial charge is 0.320 e. The average Bonchev–Trinajstić information content (AvgIpc) is 2.32. The van der Waals surface area contributed by atoms with Crippen LogP contribution in [0.4, 0.5) is 0 Å². The maximum Gasteiger partial charge on any atom is 0.320 e. The fourth-order valence-electron chi connectivity index (χ4n) is 1.12. The van der Waals surface area contributed by atoms with Gasteiger partial charge in [0.1, 0.15) is 13.2 Å². The van der Waals surface area contributed by atoms with Crippen LogP contribution in [-0.4, -0.2) is 60.8 Å². The second kappa shape index (κ2) is 9.84. The van der Waals surface area contributed by atoms with Crippen molar-refractivity contribution in [1.82, 2.24) is 4.90 Å². The molecular formula is C12H17NO6. The number of hydrogen-bond donors (Lipinski definition) is 1. The number of carboxylic acid groups (broad SMARTS) is 1. The number of aliphatic carboxylic acids is 1. The molecule has 0 aliphatic carbocycles. The molecule has 0 aromatic heterocycles. The van der Waals surface area contributed by atoms with E-state index in [1.54, 1.807) is 0 Å². The molecule has 0 amide bonds. The summed E-state index contributed by atoms with van der Waals surface area (Å²) in [6.07, 6.45) is 2.77. The lowest BCUT2D eigenvalue weighted by molar-refractivity contribution is -0.149. The highest BCUT2D eigenvalue weighted by molar-refractivity contribution is 5.77. The van der Waals surface area contributed by atoms with E-state index in [1.807, 2.05) is 0 Å². The van der Waals surface area contributed by atoms with Gasteiger partial charge in [-0.2, -0.15) is 0 Å². The third-order valence-corrected chi connectivity index (χ3v) is 1.79. The summed E-state index contributed by atoms with van der Waals surface area (Å²) in [7, 11) is 0. The third-order valence-electron chi connectivity index (χ3n) is 1.79. The zero-order valence-electron chi connectivity index (χ0n) is 10.5. The van der Waals surface area contributed by atoms with Crippen LogP contribution in [0.15, 0.2) is 25.3 Å². The van der Waals surface area contributed by atoms with E-state index in [0.29, 0.717) is 0 Å². The molecule has 0 unspecified atom stereocenters. The first kappa shape index (κ1) is 16.9. The van der Waals surface area contributed by atoms with Crippen molar-refractivity contribution >= 4 is 17.9 Å². The summed E-state index contributed by atoms with van der Waals surface area (Å²) in [4.78, 5) is 34.4. The minimum atomic E-state index is -1.16. The molecule has 0 aromatic rings. The van der Waals surface area contributed by atoms with Crippen molar-refractivity contribution in [2.75, 3.05) is 32.8 Å². The van der Waals surface area contributed by atoms with E-state index in [4.69, 9.17) is 14.6 Å². The molecule has 0 atom stereocenters. The van der Waals surface area contributed by atoms with E-state index < -0.39 is 24.5 Å². The molecule has 7 heteroatoms. The predicted molar refractivity (Wildman–Crippen MR) is 66.4 cm³/mol. The largest absolute Gasteiger partial charge is 0.480 e. The first-order valence-electron chi connectivity index (χ1n) is 5.46. The molecule has 0 saturated heterocycles. The summed E-state index contributed by atoms with van der Waals surface area (Å²) < 4.78 is 9.41. The monoisotopic (exact) mass is 271 g/mol. The summed E-state index contributed by atoms with van der Waals surface area (Å²) in [6.45, 7) is 5.71. The van der Waals surface area contributed by atoms with Gasteiger partial charge in [-0.05, 0) is 0 Å². The SMILES string of the molecule is C=CCOC(=O)CN(CC(=O)O)CC(=O)OCC=C. The summed E-state index contributed by atoms with van der Waals surface area (Å²) in [5, 5.41) is 8.68. The number of nitrogens with zero attached hydrogens (tertiary/aromatic N) is 1. The summed E-state index contributed by atoms with van der Waals surface area (Å²) in [5.41, 5.74) is 0. The first-order valence-corrected chi connectivity index (χ1v) is 5.46. The van der Waals surface area contributed by atoms with E-state index in [0.717, 1.165) is 4.90 Å². The number of ether oxygens (including phenoxy) is 2. The Hall–Kier alpha value is -2.15. The number of hydrogen-bond acceptors (Lipinski definition) is 6. The van der Waals surface area contributed by atoms with Gasteiger partial charge in [-0.3, -0.25) is 19.3 Å². The second-order valence-corrected chi connectivity index (χ2v) is 3.48. The molecule has 0 aliphatic heterocycles. The summed E-state index contributed by atoms with van der Waals surface area (Å²) >= 11 is 0. The molecule has 0 fully saturated rings. The molecule has 1 N–H and O–H groups in total. The predicted octanol–water partition coefficient (Wildman–Crippen LogP) is -0.169. The van der Waals surface area contributed by atoms with Crippen LogP contribution in [0.2, 0.25) is 0 Å². The summed E-state index contributed by atoms with van der Waals surface area (Å²) in [6, 6.07) is 0. The fourth-order valence-corrected chi connectivity index (χ4v) is 1.12. The van der Waals surface area contributed by atoms with Crippen LogP contribution in [0.25, 0.3) is 0 Å². The van der Waals surface area contributed by atoms with Crippen LogP contribution in [0.3, 0.4) is 0 Å². The molecule has 0 bridgehead atoms. The number of carbonyl (C=O) groups excluding carboxylic acids is 2. The zero-order valence-corrected chi connectivity index (χ0v) is 10.5. The van der Waals surface area contributed by atoms with Crippen LogP contribution in [0.5, 0.6) is 0 Å². The minimum absolute atomic E-state index is 0.0284. The van der Waals surface area contributed by atoms with Gasteiger partial charge in [-0.25, -0.2) is 0 Å². The quantitative estimate of drug-likeness (QED) is 0.435. The minimum Gasteiger partial charge on any atom is -0.480 e. The molecule has 0 radical (unpaired) electrons. The van der Waals surface area contributed by atoms with E-state index in [-0.39, 0.29) is 26.3 Å². The van der Waals surface area contributed by atoms with Crippen molar-refractivity contribution < 1.29 is 29.0 Å². The van der Waals surface area contributed by atoms with Gasteiger partial charge in [0.05, 0.1) is 19.6 Å². The van der Waals surface area contributed by atoms with Crippen molar-refractivity contribution in [1.29, 1.82) is 0 Å². The number of esters is 2. The molecule has 0 saturated carbocycles. The number of rotatable bonds is 10. The third kappa shape index (κ3) is 9.54. The lowest BCUT2D eigenvalue weighted by Crippen LogP contribution is -2.39. The molecule has 0 spiro atoms. The lowest BCUT2D eigenvalue weighted by Gasteiger charge is -2.17. The first-order chi connectivity index (χ1) is 8.99. The molecule has 19 heavy (non-hydrogen) atoms. The molecule has 7 nitrogen and oxygen atoms in total. The molecular weight excluding hydrogens is 254 g/mol. The maximum absolute atomic E-state index is 11.3. The highest BCUT2D eigenvalue weighted by Gasteiger charge is 2.18. The maximum atomic E-state index is 11.3.